The fourth-order valence-corrected chi connectivity index (χ4v) is 7.94. The predicted molar refractivity (Wildman–Crippen MR) is 133 cm³/mol. The molecule has 0 aromatic carbocycles. The van der Waals surface area contributed by atoms with Gasteiger partial charge in [-0.2, -0.15) is 0 Å². The summed E-state index contributed by atoms with van der Waals surface area (Å²) in [6.45, 7) is 1.55. The molecule has 3 unspecified atom stereocenters. The van der Waals surface area contributed by atoms with Crippen LogP contribution in [0, 0.1) is 23.7 Å². The zero-order valence-electron chi connectivity index (χ0n) is 21.0. The van der Waals surface area contributed by atoms with Gasteiger partial charge in [0, 0.05) is 36.8 Å². The topological polar surface area (TPSA) is 165 Å². The summed E-state index contributed by atoms with van der Waals surface area (Å²) in [4.78, 5) is 18.2. The van der Waals surface area contributed by atoms with Gasteiger partial charge >= 0.3 is 0 Å². The highest BCUT2D eigenvalue weighted by atomic mass is 19.1. The number of anilines is 2. The summed E-state index contributed by atoms with van der Waals surface area (Å²) >= 11 is 0. The van der Waals surface area contributed by atoms with E-state index in [1.807, 2.05) is 12.2 Å². The molecule has 0 radical (unpaired) electrons. The van der Waals surface area contributed by atoms with Crippen molar-refractivity contribution in [3.8, 4) is 0 Å². The van der Waals surface area contributed by atoms with Crippen LogP contribution in [0.15, 0.2) is 24.8 Å². The molecule has 5 aliphatic heterocycles. The molecule has 4 fully saturated rings. The molecule has 3 saturated heterocycles. The molecule has 204 valence electrons. The van der Waals surface area contributed by atoms with Gasteiger partial charge in [-0.1, -0.05) is 12.2 Å². The number of hydrogen-bond acceptors (Lipinski definition) is 12. The maximum atomic E-state index is 15.7. The molecular formula is C26H29FN8O4. The minimum atomic E-state index is -1.39. The molecule has 13 heteroatoms. The van der Waals surface area contributed by atoms with Crippen molar-refractivity contribution in [3.63, 3.8) is 0 Å². The molecule has 10 rings (SSSR count). The second-order valence-electron chi connectivity index (χ2n) is 11.6. The normalized spacial score (nSPS) is 47.0. The monoisotopic (exact) mass is 536 g/mol. The number of ether oxygens (including phenoxy) is 4. The molecule has 39 heavy (non-hydrogen) atoms. The first-order valence-corrected chi connectivity index (χ1v) is 13.6. The SMILES string of the molecule is N[C@@H]1O[C@@H]2COC34c5ncnc(c53)NC/C=C/CNc3ncnc5c3C5(C[C@H]2[C@H]1F)OC[C@H]1O[C@@H](N)[C@@H]2C4[C@@H]21. The van der Waals surface area contributed by atoms with Crippen LogP contribution in [0.4, 0.5) is 16.0 Å². The number of rotatable bonds is 0. The quantitative estimate of drug-likeness (QED) is 0.336. The number of nitrogens with zero attached hydrogens (tertiary/aromatic N) is 4. The average Bonchev–Trinajstić information content (AvgIpc) is 3.86. The number of halogens is 1. The number of nitrogens with one attached hydrogen (secondary N) is 2. The molecule has 3 aliphatic carbocycles. The molecule has 12 nitrogen and oxygen atoms in total. The van der Waals surface area contributed by atoms with Crippen LogP contribution in [0.25, 0.3) is 0 Å². The van der Waals surface area contributed by atoms with E-state index in [2.05, 4.69) is 30.6 Å². The van der Waals surface area contributed by atoms with Crippen molar-refractivity contribution >= 4 is 11.6 Å². The lowest BCUT2D eigenvalue weighted by Crippen LogP contribution is -2.39. The molecule has 2 bridgehead atoms. The van der Waals surface area contributed by atoms with Gasteiger partial charge in [-0.05, 0) is 6.42 Å². The minimum absolute atomic E-state index is 0.0389. The van der Waals surface area contributed by atoms with E-state index in [0.29, 0.717) is 25.3 Å². The zero-order valence-corrected chi connectivity index (χ0v) is 21.0. The first kappa shape index (κ1) is 22.9. The van der Waals surface area contributed by atoms with E-state index < -0.39 is 41.9 Å². The van der Waals surface area contributed by atoms with Gasteiger partial charge in [0.25, 0.3) is 0 Å². The van der Waals surface area contributed by atoms with Crippen molar-refractivity contribution < 1.29 is 23.3 Å². The van der Waals surface area contributed by atoms with Gasteiger partial charge in [0.15, 0.2) is 0 Å². The summed E-state index contributed by atoms with van der Waals surface area (Å²) in [6.07, 6.45) is 3.71. The maximum Gasteiger partial charge on any atom is 0.145 e. The summed E-state index contributed by atoms with van der Waals surface area (Å²) in [5.74, 6) is 1.07. The Kier molecular flexibility index (Phi) is 4.52. The summed E-state index contributed by atoms with van der Waals surface area (Å²) in [7, 11) is 0. The molecule has 2 spiro atoms. The van der Waals surface area contributed by atoms with Crippen LogP contribution >= 0.6 is 0 Å². The first-order chi connectivity index (χ1) is 19.0. The molecule has 8 aliphatic rings. The summed E-state index contributed by atoms with van der Waals surface area (Å²) in [5.41, 5.74) is 14.3. The summed E-state index contributed by atoms with van der Waals surface area (Å²) in [5, 5.41) is 6.80. The Morgan fingerprint density at radius 2 is 1.51 bits per heavy atom. The van der Waals surface area contributed by atoms with E-state index in [1.165, 1.54) is 6.33 Å². The van der Waals surface area contributed by atoms with Gasteiger partial charge in [-0.25, -0.2) is 24.3 Å². The van der Waals surface area contributed by atoms with Gasteiger partial charge < -0.3 is 41.0 Å². The molecule has 2 aromatic rings. The molecule has 7 heterocycles. The maximum absolute atomic E-state index is 15.7. The van der Waals surface area contributed by atoms with Crippen LogP contribution in [0.5, 0.6) is 0 Å². The lowest BCUT2D eigenvalue weighted by Gasteiger charge is -2.31. The third-order valence-electron chi connectivity index (χ3n) is 9.79. The van der Waals surface area contributed by atoms with Crippen LogP contribution in [0.2, 0.25) is 0 Å². The molecule has 0 amide bonds. The van der Waals surface area contributed by atoms with Crippen LogP contribution in [-0.4, -0.2) is 77.1 Å². The van der Waals surface area contributed by atoms with Gasteiger partial charge in [-0.3, -0.25) is 0 Å². The van der Waals surface area contributed by atoms with Gasteiger partial charge in [-0.15, -0.1) is 0 Å². The molecular weight excluding hydrogens is 507 g/mol. The molecule has 11 atom stereocenters. The Hall–Kier alpha value is -2.81. The van der Waals surface area contributed by atoms with E-state index in [0.717, 1.165) is 28.3 Å². The van der Waals surface area contributed by atoms with E-state index >= 15 is 4.39 Å². The Morgan fingerprint density at radius 1 is 0.821 bits per heavy atom. The third kappa shape index (κ3) is 2.92. The second kappa shape index (κ2) is 7.68. The third-order valence-corrected chi connectivity index (χ3v) is 9.79. The first-order valence-electron chi connectivity index (χ1n) is 13.6. The average molecular weight is 537 g/mol. The molecule has 2 aromatic heterocycles. The van der Waals surface area contributed by atoms with Gasteiger partial charge in [0.05, 0.1) is 47.9 Å². The van der Waals surface area contributed by atoms with Crippen LogP contribution < -0.4 is 22.1 Å². The highest BCUT2D eigenvalue weighted by molar-refractivity contribution is 5.68. The second-order valence-corrected chi connectivity index (χ2v) is 11.6. The Balaban J connectivity index is 1.19. The van der Waals surface area contributed by atoms with E-state index in [4.69, 9.17) is 30.4 Å². The van der Waals surface area contributed by atoms with Crippen molar-refractivity contribution in [2.45, 2.75) is 48.5 Å². The van der Waals surface area contributed by atoms with Crippen molar-refractivity contribution in [1.29, 1.82) is 0 Å². The fourth-order valence-electron chi connectivity index (χ4n) is 7.94. The van der Waals surface area contributed by atoms with Crippen molar-refractivity contribution in [1.82, 2.24) is 19.9 Å². The number of hydrogen-bond donors (Lipinski definition) is 4. The Labute approximate surface area is 223 Å². The van der Waals surface area contributed by atoms with Gasteiger partial charge in [0.2, 0.25) is 0 Å². The van der Waals surface area contributed by atoms with Crippen LogP contribution in [0.1, 0.15) is 28.9 Å². The molecule has 1 saturated carbocycles. The standard InChI is InChI=1S/C26H29FN8O4/c27-18-10-5-25-16-19(25)32-8-34-23(16)30-3-1-2-4-31-24-17-20(33-9-35-24)26(17,37-6-11(10)38-22(18)29)15-13-12(7-36-25)39-21(28)14(13)15/h1-2,8-15,18,21-22H,3-7,28-29H2,(H,30,32,34)(H,31,33,35)/b2-1+/t10-,11-,12-,13-,14+,15?,18-,21-,22-,25?,26?/m1/s1. The van der Waals surface area contributed by atoms with E-state index in [1.54, 1.807) is 6.33 Å². The van der Waals surface area contributed by atoms with Crippen LogP contribution in [0.3, 0.4) is 0 Å². The van der Waals surface area contributed by atoms with Gasteiger partial charge in [0.1, 0.15) is 54.1 Å². The summed E-state index contributed by atoms with van der Waals surface area (Å²) in [6, 6.07) is 0. The zero-order chi connectivity index (χ0) is 26.1. The lowest BCUT2D eigenvalue weighted by atomic mass is 9.89. The molecule has 6 N–H and O–H groups in total. The van der Waals surface area contributed by atoms with Crippen molar-refractivity contribution in [3.05, 3.63) is 47.3 Å². The lowest BCUT2D eigenvalue weighted by molar-refractivity contribution is -0.124. The smallest absolute Gasteiger partial charge is 0.145 e. The van der Waals surface area contributed by atoms with E-state index in [-0.39, 0.29) is 37.1 Å². The number of fused-ring (bicyclic) bond motifs is 6. The highest BCUT2D eigenvalue weighted by Gasteiger charge is 2.78. The number of aromatic nitrogens is 4. The minimum Gasteiger partial charge on any atom is -0.366 e. The number of alkyl halides is 1. The van der Waals surface area contributed by atoms with E-state index in [9.17, 15) is 0 Å². The Morgan fingerprint density at radius 3 is 2.31 bits per heavy atom. The largest absolute Gasteiger partial charge is 0.366 e. The fraction of sp³-hybridized carbons (Fsp3) is 0.615. The number of nitrogens with two attached hydrogens (primary N) is 2. The summed E-state index contributed by atoms with van der Waals surface area (Å²) < 4.78 is 41.4. The van der Waals surface area contributed by atoms with Crippen molar-refractivity contribution in [2.75, 3.05) is 36.9 Å². The highest BCUT2D eigenvalue weighted by Crippen LogP contribution is 2.73. The van der Waals surface area contributed by atoms with Crippen molar-refractivity contribution in [2.24, 2.45) is 35.1 Å². The van der Waals surface area contributed by atoms with Crippen LogP contribution in [-0.2, 0) is 30.1 Å². The predicted octanol–water partition coefficient (Wildman–Crippen LogP) is 0.0950. The Bertz CT molecular complexity index is 1410.